The third kappa shape index (κ3) is 2.26. The van der Waals surface area contributed by atoms with Crippen molar-refractivity contribution >= 4 is 5.91 Å². The van der Waals surface area contributed by atoms with Gasteiger partial charge in [0.2, 0.25) is 5.56 Å². The predicted molar refractivity (Wildman–Crippen MR) is 56.8 cm³/mol. The first-order chi connectivity index (χ1) is 7.27. The van der Waals surface area contributed by atoms with Crippen molar-refractivity contribution in [2.45, 2.75) is 19.3 Å². The molecular formula is C11H14N2O2. The van der Waals surface area contributed by atoms with Crippen molar-refractivity contribution in [3.63, 3.8) is 0 Å². The number of carbonyl (C=O) groups excluding carboxylic acids is 1. The molecule has 4 nitrogen and oxygen atoms in total. The molecule has 2 heterocycles. The third-order valence-electron chi connectivity index (χ3n) is 2.64. The smallest absolute Gasteiger partial charge is 0.270 e. The lowest BCUT2D eigenvalue weighted by molar-refractivity contribution is 0.0718. The van der Waals surface area contributed by atoms with Crippen LogP contribution in [-0.4, -0.2) is 28.9 Å². The normalized spacial score (nSPS) is 16.4. The van der Waals surface area contributed by atoms with Crippen molar-refractivity contribution in [3.05, 3.63) is 34.2 Å². The lowest BCUT2D eigenvalue weighted by atomic mass is 10.1. The maximum Gasteiger partial charge on any atom is 0.270 e. The largest absolute Gasteiger partial charge is 0.337 e. The summed E-state index contributed by atoms with van der Waals surface area (Å²) in [5, 5.41) is 0. The van der Waals surface area contributed by atoms with E-state index in [1.165, 1.54) is 12.5 Å². The third-order valence-corrected chi connectivity index (χ3v) is 2.64. The van der Waals surface area contributed by atoms with Crippen molar-refractivity contribution in [2.75, 3.05) is 13.1 Å². The molecule has 15 heavy (non-hydrogen) atoms. The Balaban J connectivity index is 2.16. The molecule has 1 aliphatic heterocycles. The van der Waals surface area contributed by atoms with Gasteiger partial charge in [-0.15, -0.1) is 0 Å². The molecule has 2 rings (SSSR count). The van der Waals surface area contributed by atoms with Crippen LogP contribution in [-0.2, 0) is 0 Å². The maximum atomic E-state index is 11.9. The zero-order valence-electron chi connectivity index (χ0n) is 8.53. The fraction of sp³-hybridized carbons (Fsp3) is 0.455. The van der Waals surface area contributed by atoms with Crippen LogP contribution in [0.25, 0.3) is 0 Å². The number of amides is 1. The van der Waals surface area contributed by atoms with Crippen molar-refractivity contribution < 1.29 is 4.79 Å². The second-order valence-electron chi connectivity index (χ2n) is 3.78. The molecule has 1 N–H and O–H groups in total. The first-order valence-electron chi connectivity index (χ1n) is 5.26. The summed E-state index contributed by atoms with van der Waals surface area (Å²) in [6.45, 7) is 1.60. The number of pyridine rings is 1. The van der Waals surface area contributed by atoms with E-state index < -0.39 is 0 Å². The summed E-state index contributed by atoms with van der Waals surface area (Å²) < 4.78 is 0. The molecule has 0 bridgehead atoms. The average molecular weight is 206 g/mol. The van der Waals surface area contributed by atoms with Gasteiger partial charge >= 0.3 is 0 Å². The lowest BCUT2D eigenvalue weighted by Gasteiger charge is -2.26. The van der Waals surface area contributed by atoms with Crippen LogP contribution in [0.2, 0.25) is 0 Å². The highest BCUT2D eigenvalue weighted by atomic mass is 16.2. The van der Waals surface area contributed by atoms with Gasteiger partial charge in [-0.1, -0.05) is 6.07 Å². The Morgan fingerprint density at radius 1 is 1.20 bits per heavy atom. The van der Waals surface area contributed by atoms with Crippen LogP contribution in [0.3, 0.4) is 0 Å². The molecule has 1 saturated heterocycles. The standard InChI is InChI=1S/C11H14N2O2/c14-10-6-4-5-9(12-10)11(15)13-7-2-1-3-8-13/h4-6H,1-3,7-8H2,(H,12,14). The number of nitrogens with zero attached hydrogens (tertiary/aromatic N) is 1. The van der Waals surface area contributed by atoms with E-state index in [0.717, 1.165) is 25.9 Å². The summed E-state index contributed by atoms with van der Waals surface area (Å²) in [7, 11) is 0. The Bertz CT molecular complexity index is 405. The molecule has 1 aliphatic rings. The van der Waals surface area contributed by atoms with Crippen LogP contribution in [0.1, 0.15) is 29.8 Å². The van der Waals surface area contributed by atoms with Gasteiger partial charge in [-0.25, -0.2) is 0 Å². The second-order valence-corrected chi connectivity index (χ2v) is 3.78. The maximum absolute atomic E-state index is 11.9. The molecule has 1 aromatic heterocycles. The molecule has 0 radical (unpaired) electrons. The number of hydrogen-bond acceptors (Lipinski definition) is 2. The van der Waals surface area contributed by atoms with Gasteiger partial charge < -0.3 is 9.88 Å². The summed E-state index contributed by atoms with van der Waals surface area (Å²) in [4.78, 5) is 27.3. The highest BCUT2D eigenvalue weighted by Gasteiger charge is 2.18. The SMILES string of the molecule is O=C(c1cccc(=O)[nH]1)N1CCCCC1. The number of hydrogen-bond donors (Lipinski definition) is 1. The molecule has 0 aromatic carbocycles. The van der Waals surface area contributed by atoms with Crippen LogP contribution in [0, 0.1) is 0 Å². The first-order valence-corrected chi connectivity index (χ1v) is 5.26. The molecule has 0 spiro atoms. The Morgan fingerprint density at radius 2 is 1.93 bits per heavy atom. The number of nitrogens with one attached hydrogen (secondary N) is 1. The molecular weight excluding hydrogens is 192 g/mol. The van der Waals surface area contributed by atoms with E-state index in [4.69, 9.17) is 0 Å². The van der Waals surface area contributed by atoms with E-state index in [1.54, 1.807) is 17.0 Å². The zero-order valence-corrected chi connectivity index (χ0v) is 8.53. The number of aromatic nitrogens is 1. The lowest BCUT2D eigenvalue weighted by Crippen LogP contribution is -2.36. The number of piperidine rings is 1. The van der Waals surface area contributed by atoms with Crippen LogP contribution >= 0.6 is 0 Å². The van der Waals surface area contributed by atoms with E-state index in [1.807, 2.05) is 0 Å². The highest BCUT2D eigenvalue weighted by Crippen LogP contribution is 2.11. The fourth-order valence-corrected chi connectivity index (χ4v) is 1.84. The minimum Gasteiger partial charge on any atom is -0.337 e. The van der Waals surface area contributed by atoms with E-state index in [0.29, 0.717) is 5.69 Å². The zero-order chi connectivity index (χ0) is 10.7. The number of carbonyl (C=O) groups is 1. The molecule has 1 aromatic rings. The summed E-state index contributed by atoms with van der Waals surface area (Å²) in [5.74, 6) is -0.0626. The van der Waals surface area contributed by atoms with E-state index in [2.05, 4.69) is 4.98 Å². The van der Waals surface area contributed by atoms with E-state index in [9.17, 15) is 9.59 Å². The van der Waals surface area contributed by atoms with Crippen molar-refractivity contribution in [2.24, 2.45) is 0 Å². The number of H-pyrrole nitrogens is 1. The fourth-order valence-electron chi connectivity index (χ4n) is 1.84. The van der Waals surface area contributed by atoms with Gasteiger partial charge in [0.15, 0.2) is 0 Å². The molecule has 80 valence electrons. The number of rotatable bonds is 1. The van der Waals surface area contributed by atoms with Crippen molar-refractivity contribution in [1.82, 2.24) is 9.88 Å². The van der Waals surface area contributed by atoms with Crippen molar-refractivity contribution in [1.29, 1.82) is 0 Å². The van der Waals surface area contributed by atoms with Gasteiger partial charge in [0.1, 0.15) is 5.69 Å². The molecule has 1 fully saturated rings. The van der Waals surface area contributed by atoms with E-state index >= 15 is 0 Å². The topological polar surface area (TPSA) is 53.2 Å². The molecule has 4 heteroatoms. The summed E-state index contributed by atoms with van der Waals surface area (Å²) in [6, 6.07) is 4.67. The summed E-state index contributed by atoms with van der Waals surface area (Å²) >= 11 is 0. The average Bonchev–Trinajstić information content (AvgIpc) is 2.29. The predicted octanol–water partition coefficient (Wildman–Crippen LogP) is 1.00. The quantitative estimate of drug-likeness (QED) is 0.745. The van der Waals surface area contributed by atoms with Crippen LogP contribution in [0.5, 0.6) is 0 Å². The first kappa shape index (κ1) is 9.96. The summed E-state index contributed by atoms with van der Waals surface area (Å²) in [6.07, 6.45) is 3.31. The van der Waals surface area contributed by atoms with Gasteiger partial charge in [-0.3, -0.25) is 9.59 Å². The Morgan fingerprint density at radius 3 is 2.60 bits per heavy atom. The van der Waals surface area contributed by atoms with Crippen LogP contribution in [0.15, 0.2) is 23.0 Å². The minimum absolute atomic E-state index is 0.0626. The highest BCUT2D eigenvalue weighted by molar-refractivity contribution is 5.92. The molecule has 0 atom stereocenters. The number of aromatic amines is 1. The number of likely N-dealkylation sites (tertiary alicyclic amines) is 1. The molecule has 0 saturated carbocycles. The Labute approximate surface area is 87.9 Å². The van der Waals surface area contributed by atoms with Gasteiger partial charge in [0, 0.05) is 19.2 Å². The van der Waals surface area contributed by atoms with Gasteiger partial charge in [0.25, 0.3) is 5.91 Å². The Hall–Kier alpha value is -1.58. The van der Waals surface area contributed by atoms with Crippen LogP contribution < -0.4 is 5.56 Å². The van der Waals surface area contributed by atoms with Gasteiger partial charge in [0.05, 0.1) is 0 Å². The minimum atomic E-state index is -0.224. The van der Waals surface area contributed by atoms with Gasteiger partial charge in [-0.2, -0.15) is 0 Å². The Kier molecular flexibility index (Phi) is 2.85. The summed E-state index contributed by atoms with van der Waals surface area (Å²) in [5.41, 5.74) is 0.169. The van der Waals surface area contributed by atoms with E-state index in [-0.39, 0.29) is 11.5 Å². The van der Waals surface area contributed by atoms with Crippen molar-refractivity contribution in [3.8, 4) is 0 Å². The van der Waals surface area contributed by atoms with Crippen LogP contribution in [0.4, 0.5) is 0 Å². The second kappa shape index (κ2) is 4.29. The molecule has 1 amide bonds. The van der Waals surface area contributed by atoms with Gasteiger partial charge in [-0.05, 0) is 25.3 Å². The molecule has 0 unspecified atom stereocenters. The molecule has 0 aliphatic carbocycles. The monoisotopic (exact) mass is 206 g/mol.